The molecule has 1 aromatic rings. The number of rotatable bonds is 2. The van der Waals surface area contributed by atoms with Crippen molar-refractivity contribution in [3.05, 3.63) is 30.3 Å². The first-order valence-corrected chi connectivity index (χ1v) is 7.33. The smallest absolute Gasteiger partial charge is 0.0875 e. The van der Waals surface area contributed by atoms with Crippen molar-refractivity contribution in [1.82, 2.24) is 0 Å². The predicted molar refractivity (Wildman–Crippen MR) is 74.6 cm³/mol. The lowest BCUT2D eigenvalue weighted by Gasteiger charge is -2.49. The van der Waals surface area contributed by atoms with Crippen molar-refractivity contribution >= 4 is 5.69 Å². The minimum Gasteiger partial charge on any atom is -0.387 e. The highest BCUT2D eigenvalue weighted by atomic mass is 16.3. The minimum atomic E-state index is -0.466. The third-order valence-electron chi connectivity index (χ3n) is 4.85. The van der Waals surface area contributed by atoms with Gasteiger partial charge < -0.3 is 10.4 Å². The van der Waals surface area contributed by atoms with Gasteiger partial charge in [0.25, 0.3) is 0 Å². The molecule has 0 aliphatic heterocycles. The molecule has 2 heteroatoms. The topological polar surface area (TPSA) is 32.3 Å². The Bertz CT molecular complexity index is 389. The normalized spacial score (nSPS) is 35.8. The zero-order valence-electron chi connectivity index (χ0n) is 10.9. The van der Waals surface area contributed by atoms with Gasteiger partial charge in [0.1, 0.15) is 0 Å². The number of anilines is 1. The number of hydrogen-bond acceptors (Lipinski definition) is 2. The molecule has 0 amide bonds. The molecular formula is C16H23NO. The van der Waals surface area contributed by atoms with Gasteiger partial charge in [0, 0.05) is 5.69 Å². The molecule has 2 nitrogen and oxygen atoms in total. The van der Waals surface area contributed by atoms with Crippen LogP contribution in [0.15, 0.2) is 30.3 Å². The Kier molecular flexibility index (Phi) is 3.29. The number of hydrogen-bond donors (Lipinski definition) is 2. The van der Waals surface area contributed by atoms with E-state index in [1.54, 1.807) is 0 Å². The van der Waals surface area contributed by atoms with Gasteiger partial charge in [-0.05, 0) is 43.7 Å². The molecule has 3 rings (SSSR count). The Hall–Kier alpha value is -1.02. The maximum atomic E-state index is 11.0. The standard InChI is InChI=1S/C16H23NO/c18-16-12-5-4-7-13(16)8-6-11-15(16)17-14-9-2-1-3-10-14/h1-3,9-10,13,15,17-18H,4-8,11-12H2/t13-,15-,16?/m1/s1. The first-order chi connectivity index (χ1) is 8.79. The average Bonchev–Trinajstić information content (AvgIpc) is 2.41. The van der Waals surface area contributed by atoms with Crippen LogP contribution < -0.4 is 5.32 Å². The van der Waals surface area contributed by atoms with Crippen molar-refractivity contribution in [2.24, 2.45) is 5.92 Å². The quantitative estimate of drug-likeness (QED) is 0.835. The van der Waals surface area contributed by atoms with Crippen LogP contribution in [0.1, 0.15) is 44.9 Å². The molecule has 0 saturated heterocycles. The Morgan fingerprint density at radius 1 is 1.00 bits per heavy atom. The molecule has 1 aromatic carbocycles. The molecule has 18 heavy (non-hydrogen) atoms. The highest BCUT2D eigenvalue weighted by Gasteiger charge is 2.47. The van der Waals surface area contributed by atoms with Crippen molar-refractivity contribution in [1.29, 1.82) is 0 Å². The van der Waals surface area contributed by atoms with Crippen LogP contribution in [-0.4, -0.2) is 16.7 Å². The highest BCUT2D eigenvalue weighted by molar-refractivity contribution is 5.44. The van der Waals surface area contributed by atoms with Gasteiger partial charge in [0.2, 0.25) is 0 Å². The maximum absolute atomic E-state index is 11.0. The number of para-hydroxylation sites is 1. The van der Waals surface area contributed by atoms with Crippen LogP contribution in [0.5, 0.6) is 0 Å². The van der Waals surface area contributed by atoms with Crippen molar-refractivity contribution < 1.29 is 5.11 Å². The second-order valence-corrected chi connectivity index (χ2v) is 5.93. The summed E-state index contributed by atoms with van der Waals surface area (Å²) in [5.41, 5.74) is 0.675. The first-order valence-electron chi connectivity index (χ1n) is 7.33. The van der Waals surface area contributed by atoms with E-state index in [2.05, 4.69) is 17.4 Å². The monoisotopic (exact) mass is 245 g/mol. The second-order valence-electron chi connectivity index (χ2n) is 5.93. The zero-order chi connectivity index (χ0) is 12.4. The van der Waals surface area contributed by atoms with Crippen LogP contribution >= 0.6 is 0 Å². The van der Waals surface area contributed by atoms with Gasteiger partial charge in [-0.1, -0.05) is 37.5 Å². The minimum absolute atomic E-state index is 0.235. The Morgan fingerprint density at radius 3 is 2.61 bits per heavy atom. The van der Waals surface area contributed by atoms with Gasteiger partial charge in [0.15, 0.2) is 0 Å². The van der Waals surface area contributed by atoms with Crippen molar-refractivity contribution in [2.75, 3.05) is 5.32 Å². The lowest BCUT2D eigenvalue weighted by atomic mass is 9.65. The fraction of sp³-hybridized carbons (Fsp3) is 0.625. The van der Waals surface area contributed by atoms with E-state index >= 15 is 0 Å². The summed E-state index contributed by atoms with van der Waals surface area (Å²) in [5, 5.41) is 14.6. The van der Waals surface area contributed by atoms with Crippen molar-refractivity contribution in [2.45, 2.75) is 56.6 Å². The van der Waals surface area contributed by atoms with Crippen LogP contribution in [0.4, 0.5) is 5.69 Å². The molecule has 0 spiro atoms. The summed E-state index contributed by atoms with van der Waals surface area (Å²) in [6.45, 7) is 0. The lowest BCUT2D eigenvalue weighted by Crippen LogP contribution is -2.56. The van der Waals surface area contributed by atoms with Crippen LogP contribution in [0.25, 0.3) is 0 Å². The molecule has 0 bridgehead atoms. The third kappa shape index (κ3) is 2.14. The maximum Gasteiger partial charge on any atom is 0.0875 e. The molecule has 2 aliphatic rings. The summed E-state index contributed by atoms with van der Waals surface area (Å²) in [7, 11) is 0. The largest absolute Gasteiger partial charge is 0.387 e. The molecule has 0 heterocycles. The van der Waals surface area contributed by atoms with Gasteiger partial charge in [-0.2, -0.15) is 0 Å². The predicted octanol–water partition coefficient (Wildman–Crippen LogP) is 3.57. The summed E-state index contributed by atoms with van der Waals surface area (Å²) >= 11 is 0. The molecule has 2 fully saturated rings. The van der Waals surface area contributed by atoms with Crippen LogP contribution in [0, 0.1) is 5.92 Å². The summed E-state index contributed by atoms with van der Waals surface area (Å²) in [6.07, 6.45) is 8.22. The molecule has 1 unspecified atom stereocenters. The van der Waals surface area contributed by atoms with Gasteiger partial charge in [0.05, 0.1) is 11.6 Å². The van der Waals surface area contributed by atoms with Crippen LogP contribution in [0.2, 0.25) is 0 Å². The van der Waals surface area contributed by atoms with E-state index in [1.807, 2.05) is 18.2 Å². The molecule has 3 atom stereocenters. The molecule has 2 aliphatic carbocycles. The van der Waals surface area contributed by atoms with Gasteiger partial charge in [-0.15, -0.1) is 0 Å². The van der Waals surface area contributed by atoms with Gasteiger partial charge >= 0.3 is 0 Å². The molecule has 2 saturated carbocycles. The fourth-order valence-corrected chi connectivity index (χ4v) is 3.86. The Morgan fingerprint density at radius 2 is 1.78 bits per heavy atom. The molecule has 2 N–H and O–H groups in total. The zero-order valence-corrected chi connectivity index (χ0v) is 10.9. The Balaban J connectivity index is 1.78. The van der Waals surface area contributed by atoms with Gasteiger partial charge in [-0.3, -0.25) is 0 Å². The number of nitrogens with one attached hydrogen (secondary N) is 1. The third-order valence-corrected chi connectivity index (χ3v) is 4.85. The summed E-state index contributed by atoms with van der Waals surface area (Å²) in [6, 6.07) is 10.6. The van der Waals surface area contributed by atoms with E-state index in [0.29, 0.717) is 5.92 Å². The SMILES string of the molecule is OC12CCCC[C@@H]1CCC[C@H]2Nc1ccccc1. The molecule has 0 radical (unpaired) electrons. The number of aliphatic hydroxyl groups is 1. The van der Waals surface area contributed by atoms with Crippen molar-refractivity contribution in [3.63, 3.8) is 0 Å². The highest BCUT2D eigenvalue weighted by Crippen LogP contribution is 2.44. The number of fused-ring (bicyclic) bond motifs is 1. The van der Waals surface area contributed by atoms with E-state index in [1.165, 1.54) is 32.1 Å². The Labute approximate surface area is 109 Å². The molecular weight excluding hydrogens is 222 g/mol. The first kappa shape index (κ1) is 12.0. The molecule has 98 valence electrons. The van der Waals surface area contributed by atoms with Crippen LogP contribution in [-0.2, 0) is 0 Å². The van der Waals surface area contributed by atoms with E-state index in [9.17, 15) is 5.11 Å². The number of benzene rings is 1. The van der Waals surface area contributed by atoms with E-state index in [-0.39, 0.29) is 6.04 Å². The summed E-state index contributed by atoms with van der Waals surface area (Å²) in [5.74, 6) is 0.515. The fourth-order valence-electron chi connectivity index (χ4n) is 3.86. The average molecular weight is 245 g/mol. The van der Waals surface area contributed by atoms with Crippen LogP contribution in [0.3, 0.4) is 0 Å². The van der Waals surface area contributed by atoms with E-state index in [4.69, 9.17) is 0 Å². The van der Waals surface area contributed by atoms with Crippen molar-refractivity contribution in [3.8, 4) is 0 Å². The summed E-state index contributed by atoms with van der Waals surface area (Å²) < 4.78 is 0. The van der Waals surface area contributed by atoms with Gasteiger partial charge in [-0.25, -0.2) is 0 Å². The molecule has 0 aromatic heterocycles. The lowest BCUT2D eigenvalue weighted by molar-refractivity contribution is -0.0835. The second kappa shape index (κ2) is 4.93. The summed E-state index contributed by atoms with van der Waals surface area (Å²) in [4.78, 5) is 0. The van der Waals surface area contributed by atoms with E-state index < -0.39 is 5.60 Å². The van der Waals surface area contributed by atoms with E-state index in [0.717, 1.165) is 18.5 Å².